The number of fused-ring (bicyclic) bond motifs is 3. The van der Waals surface area contributed by atoms with Crippen LogP contribution in [0.1, 0.15) is 27.9 Å². The molecule has 6 N–H and O–H groups in total. The molecule has 0 unspecified atom stereocenters. The van der Waals surface area contributed by atoms with E-state index in [9.17, 15) is 39.6 Å². The molecule has 35 heavy (non-hydrogen) atoms. The molecule has 4 atom stereocenters. The second kappa shape index (κ2) is 8.29. The van der Waals surface area contributed by atoms with Crippen molar-refractivity contribution in [3.05, 3.63) is 45.7 Å². The average molecular weight is 486 g/mol. The number of carbonyl (C=O) groups excluding carboxylic acids is 4. The Morgan fingerprint density at radius 3 is 2.43 bits per heavy atom. The number of ketones is 3. The van der Waals surface area contributed by atoms with Crippen LogP contribution in [-0.2, 0) is 25.5 Å². The summed E-state index contributed by atoms with van der Waals surface area (Å²) in [5.41, 5.74) is 1.80. The van der Waals surface area contributed by atoms with Crippen molar-refractivity contribution in [1.82, 2.24) is 4.90 Å². The summed E-state index contributed by atoms with van der Waals surface area (Å²) in [6.45, 7) is -0.244. The van der Waals surface area contributed by atoms with Crippen molar-refractivity contribution < 1.29 is 44.3 Å². The number of phenols is 1. The number of aliphatic hydroxyl groups excluding tert-OH is 2. The van der Waals surface area contributed by atoms with E-state index in [1.165, 1.54) is 38.2 Å². The summed E-state index contributed by atoms with van der Waals surface area (Å²) in [5.74, 6) is -7.76. The van der Waals surface area contributed by atoms with Crippen LogP contribution in [0.25, 0.3) is 5.76 Å². The highest BCUT2D eigenvalue weighted by Crippen LogP contribution is 2.52. The standard InChI is InChI=1S/C24H26N2O9/c1-26(2)18-12-7-9-6-11-10(14(28)8-35-3)4-5-13(27)16(11)19(29)15(9)21(31)24(12,34)22(32)17(20(18)30)23(25)33/h4-5,9,12,18,27,29,32,34H,6-8H2,1-3H3,(H2,25,33)/t9-,12-,18-,24-/m0/s1. The molecule has 0 aromatic heterocycles. The molecule has 0 radical (unpaired) electrons. The molecule has 0 aliphatic heterocycles. The fraction of sp³-hybridized carbons (Fsp3) is 0.417. The summed E-state index contributed by atoms with van der Waals surface area (Å²) < 4.78 is 4.92. The first kappa shape index (κ1) is 24.6. The van der Waals surface area contributed by atoms with Crippen LogP contribution in [0.15, 0.2) is 29.0 Å². The van der Waals surface area contributed by atoms with Crippen LogP contribution in [-0.4, -0.2) is 88.0 Å². The number of nitrogens with two attached hydrogens (primary N) is 1. The molecule has 4 rings (SSSR count). The van der Waals surface area contributed by atoms with Gasteiger partial charge in [-0.2, -0.15) is 0 Å². The van der Waals surface area contributed by atoms with Gasteiger partial charge in [0.2, 0.25) is 5.78 Å². The lowest BCUT2D eigenvalue weighted by Crippen LogP contribution is -2.65. The lowest BCUT2D eigenvalue weighted by molar-refractivity contribution is -0.153. The van der Waals surface area contributed by atoms with E-state index < -0.39 is 63.8 Å². The summed E-state index contributed by atoms with van der Waals surface area (Å²) in [4.78, 5) is 52.8. The van der Waals surface area contributed by atoms with Crippen LogP contribution in [0, 0.1) is 11.8 Å². The molecule has 1 aromatic rings. The quantitative estimate of drug-likeness (QED) is 0.275. The van der Waals surface area contributed by atoms with Gasteiger partial charge >= 0.3 is 0 Å². The van der Waals surface area contributed by atoms with Crippen molar-refractivity contribution in [1.29, 1.82) is 0 Å². The molecule has 186 valence electrons. The van der Waals surface area contributed by atoms with Crippen LogP contribution < -0.4 is 5.73 Å². The van der Waals surface area contributed by atoms with E-state index in [2.05, 4.69) is 0 Å². The Hall–Kier alpha value is -3.54. The molecule has 0 saturated heterocycles. The number of benzene rings is 1. The van der Waals surface area contributed by atoms with Crippen LogP contribution >= 0.6 is 0 Å². The van der Waals surface area contributed by atoms with Crippen molar-refractivity contribution >= 4 is 29.0 Å². The molecule has 0 bridgehead atoms. The number of aliphatic hydroxyl groups is 3. The first-order valence-corrected chi connectivity index (χ1v) is 10.9. The van der Waals surface area contributed by atoms with Gasteiger partial charge < -0.3 is 30.9 Å². The lowest BCUT2D eigenvalue weighted by atomic mass is 9.57. The minimum Gasteiger partial charge on any atom is -0.508 e. The average Bonchev–Trinajstić information content (AvgIpc) is 2.76. The normalized spacial score (nSPS) is 28.1. The minimum atomic E-state index is -2.70. The summed E-state index contributed by atoms with van der Waals surface area (Å²) in [5, 5.41) is 43.9. The van der Waals surface area contributed by atoms with Crippen molar-refractivity contribution in [2.24, 2.45) is 17.6 Å². The Kier molecular flexibility index (Phi) is 5.82. The monoisotopic (exact) mass is 486 g/mol. The van der Waals surface area contributed by atoms with E-state index in [-0.39, 0.29) is 41.9 Å². The van der Waals surface area contributed by atoms with E-state index in [0.29, 0.717) is 5.56 Å². The highest BCUT2D eigenvalue weighted by Gasteiger charge is 2.64. The van der Waals surface area contributed by atoms with Gasteiger partial charge in [-0.15, -0.1) is 0 Å². The number of carbonyl (C=O) groups is 4. The third-order valence-corrected chi connectivity index (χ3v) is 7.18. The Morgan fingerprint density at radius 1 is 1.20 bits per heavy atom. The largest absolute Gasteiger partial charge is 0.508 e. The lowest BCUT2D eigenvalue weighted by Gasteiger charge is -2.50. The van der Waals surface area contributed by atoms with E-state index in [1.807, 2.05) is 0 Å². The zero-order valence-corrected chi connectivity index (χ0v) is 19.4. The maximum Gasteiger partial charge on any atom is 0.255 e. The molecule has 3 aliphatic rings. The van der Waals surface area contributed by atoms with Gasteiger partial charge in [-0.3, -0.25) is 24.1 Å². The summed E-state index contributed by atoms with van der Waals surface area (Å²) in [6.07, 6.45) is -0.0208. The molecule has 1 amide bonds. The molecule has 11 heteroatoms. The first-order chi connectivity index (χ1) is 16.4. The number of hydrogen-bond acceptors (Lipinski definition) is 10. The topological polar surface area (TPSA) is 188 Å². The van der Waals surface area contributed by atoms with Crippen LogP contribution in [0.2, 0.25) is 0 Å². The van der Waals surface area contributed by atoms with Gasteiger partial charge in [0, 0.05) is 24.2 Å². The predicted molar refractivity (Wildman–Crippen MR) is 120 cm³/mol. The fourth-order valence-corrected chi connectivity index (χ4v) is 5.71. The van der Waals surface area contributed by atoms with Gasteiger partial charge in [0.05, 0.1) is 11.6 Å². The minimum absolute atomic E-state index is 0.0354. The number of nitrogens with zero attached hydrogens (tertiary/aromatic N) is 1. The third-order valence-electron chi connectivity index (χ3n) is 7.18. The number of rotatable bonds is 5. The fourth-order valence-electron chi connectivity index (χ4n) is 5.71. The summed E-state index contributed by atoms with van der Waals surface area (Å²) in [7, 11) is 4.39. The smallest absolute Gasteiger partial charge is 0.255 e. The number of likely N-dealkylation sites (N-methyl/N-ethyl adjacent to an activating group) is 1. The maximum atomic E-state index is 13.7. The zero-order valence-electron chi connectivity index (χ0n) is 19.4. The number of methoxy groups -OCH3 is 1. The molecule has 0 heterocycles. The Bertz CT molecular complexity index is 1250. The Labute approximate surface area is 200 Å². The zero-order chi connectivity index (χ0) is 26.0. The van der Waals surface area contributed by atoms with Gasteiger partial charge in [-0.05, 0) is 50.6 Å². The number of phenolic OH excluding ortho intramolecular Hbond substituents is 1. The third kappa shape index (κ3) is 3.30. The maximum absolute atomic E-state index is 13.7. The molecule has 0 spiro atoms. The SMILES string of the molecule is COCC(=O)c1ccc(O)c2c1C[C@H]1C[C@H]3[C@H](N(C)C)C(=O)C(C(N)=O)=C(O)[C@@]3(O)C(=O)C1=C2O. The van der Waals surface area contributed by atoms with Crippen LogP contribution in [0.4, 0.5) is 0 Å². The van der Waals surface area contributed by atoms with E-state index in [4.69, 9.17) is 10.5 Å². The van der Waals surface area contributed by atoms with Gasteiger partial charge in [0.15, 0.2) is 17.2 Å². The molecular formula is C24H26N2O9. The van der Waals surface area contributed by atoms with Gasteiger partial charge in [-0.1, -0.05) is 0 Å². The van der Waals surface area contributed by atoms with E-state index >= 15 is 0 Å². The van der Waals surface area contributed by atoms with Gasteiger partial charge in [-0.25, -0.2) is 0 Å². The number of amides is 1. The second-order valence-corrected chi connectivity index (χ2v) is 9.30. The second-order valence-electron chi connectivity index (χ2n) is 9.30. The molecular weight excluding hydrogens is 460 g/mol. The molecule has 11 nitrogen and oxygen atoms in total. The molecule has 1 fully saturated rings. The molecule has 1 aromatic carbocycles. The number of ether oxygens (including phenoxy) is 1. The number of aromatic hydroxyl groups is 1. The Morgan fingerprint density at radius 2 is 1.86 bits per heavy atom. The van der Waals surface area contributed by atoms with Crippen LogP contribution in [0.3, 0.4) is 0 Å². The number of primary amides is 1. The van der Waals surface area contributed by atoms with Crippen molar-refractivity contribution in [3.63, 3.8) is 0 Å². The Balaban J connectivity index is 1.97. The summed E-state index contributed by atoms with van der Waals surface area (Å²) in [6, 6.07) is 1.43. The molecule has 3 aliphatic carbocycles. The first-order valence-electron chi connectivity index (χ1n) is 10.9. The number of Topliss-reactive ketones (excluding diaryl/α,β-unsaturated/α-hetero) is 3. The van der Waals surface area contributed by atoms with Crippen molar-refractivity contribution in [2.75, 3.05) is 27.8 Å². The van der Waals surface area contributed by atoms with Gasteiger partial charge in [0.1, 0.15) is 29.4 Å². The van der Waals surface area contributed by atoms with Crippen molar-refractivity contribution in [2.45, 2.75) is 24.5 Å². The van der Waals surface area contributed by atoms with E-state index in [0.717, 1.165) is 0 Å². The molecule has 1 saturated carbocycles. The van der Waals surface area contributed by atoms with Crippen LogP contribution in [0.5, 0.6) is 5.75 Å². The predicted octanol–water partition coefficient (Wildman–Crippen LogP) is -0.207. The van der Waals surface area contributed by atoms with Gasteiger partial charge in [0.25, 0.3) is 5.91 Å². The van der Waals surface area contributed by atoms with E-state index in [1.54, 1.807) is 0 Å². The highest BCUT2D eigenvalue weighted by molar-refractivity contribution is 6.24. The number of hydrogen-bond donors (Lipinski definition) is 5. The highest BCUT2D eigenvalue weighted by atomic mass is 16.5. The van der Waals surface area contributed by atoms with Crippen molar-refractivity contribution in [3.8, 4) is 5.75 Å². The summed E-state index contributed by atoms with van der Waals surface area (Å²) >= 11 is 0.